The second-order valence-electron chi connectivity index (χ2n) is 8.89. The average Bonchev–Trinajstić information content (AvgIpc) is 3.51. The van der Waals surface area contributed by atoms with Crippen LogP contribution in [-0.4, -0.2) is 57.0 Å². The van der Waals surface area contributed by atoms with Crippen LogP contribution in [0.15, 0.2) is 59.4 Å². The first-order valence-electron chi connectivity index (χ1n) is 12.3. The highest BCUT2D eigenvalue weighted by Crippen LogP contribution is 2.32. The third-order valence-electron chi connectivity index (χ3n) is 6.38. The molecule has 2 aromatic heterocycles. The second kappa shape index (κ2) is 11.7. The molecule has 0 saturated heterocycles. The molecule has 2 N–H and O–H groups in total. The molecule has 10 nitrogen and oxygen atoms in total. The Labute approximate surface area is 223 Å². The molecule has 1 aliphatic heterocycles. The van der Waals surface area contributed by atoms with Gasteiger partial charge in [-0.3, -0.25) is 4.40 Å². The number of thioether (sulfide) groups is 1. The predicted molar refractivity (Wildman–Crippen MR) is 141 cm³/mol. The zero-order chi connectivity index (χ0) is 26.5. The number of benzene rings is 1. The van der Waals surface area contributed by atoms with Crippen LogP contribution in [0.25, 0.3) is 5.78 Å². The first-order valence-corrected chi connectivity index (χ1v) is 13.3. The first-order chi connectivity index (χ1) is 18.5. The van der Waals surface area contributed by atoms with Crippen LogP contribution in [0.2, 0.25) is 0 Å². The molecule has 1 aromatic carbocycles. The van der Waals surface area contributed by atoms with Crippen molar-refractivity contribution in [2.75, 3.05) is 20.3 Å². The Morgan fingerprint density at radius 2 is 2.03 bits per heavy atom. The van der Waals surface area contributed by atoms with Gasteiger partial charge in [0.25, 0.3) is 0 Å². The minimum atomic E-state index is -1.11. The first kappa shape index (κ1) is 25.8. The molecular weight excluding hydrogens is 508 g/mol. The highest BCUT2D eigenvalue weighted by Gasteiger charge is 2.28. The SMILES string of the molecule is COC(=O)C1=CNC(C(=O)O)=CSC1Cc1cn2c3c(c(OCCOCc4ccccc4)nc2n1)CCC3. The molecule has 198 valence electrons. The number of rotatable bonds is 10. The fourth-order valence-electron chi connectivity index (χ4n) is 4.53. The molecular formula is C27H28N4O6S. The number of aliphatic carboxylic acids is 1. The summed E-state index contributed by atoms with van der Waals surface area (Å²) < 4.78 is 18.7. The highest BCUT2D eigenvalue weighted by molar-refractivity contribution is 8.03. The van der Waals surface area contributed by atoms with Gasteiger partial charge in [0.05, 0.1) is 31.6 Å². The van der Waals surface area contributed by atoms with Crippen LogP contribution >= 0.6 is 11.8 Å². The number of hydrogen-bond acceptors (Lipinski definition) is 9. The molecule has 3 aromatic rings. The number of carboxylic acids is 1. The quantitative estimate of drug-likeness (QED) is 0.295. The number of imidazole rings is 1. The number of carboxylic acid groups (broad SMARTS) is 1. The zero-order valence-corrected chi connectivity index (χ0v) is 21.7. The fourth-order valence-corrected chi connectivity index (χ4v) is 5.58. The standard InChI is InChI=1S/C27H28N4O6S/c1-35-26(34)20-13-28-21(25(32)33)16-38-23(20)12-18-14-31-22-9-5-8-19(22)24(30-27(31)29-18)37-11-10-36-15-17-6-3-2-4-7-17/h2-4,6-7,13-14,16,23,28H,5,8-12,15H2,1H3,(H,32,33). The van der Waals surface area contributed by atoms with Crippen molar-refractivity contribution in [1.82, 2.24) is 19.7 Å². The summed E-state index contributed by atoms with van der Waals surface area (Å²) in [5.41, 5.74) is 4.38. The lowest BCUT2D eigenvalue weighted by molar-refractivity contribution is -0.136. The van der Waals surface area contributed by atoms with Crippen LogP contribution in [0.5, 0.6) is 5.88 Å². The summed E-state index contributed by atoms with van der Waals surface area (Å²) in [5.74, 6) is -0.516. The summed E-state index contributed by atoms with van der Waals surface area (Å²) in [7, 11) is 1.30. The molecule has 2 aliphatic rings. The third-order valence-corrected chi connectivity index (χ3v) is 7.50. The van der Waals surface area contributed by atoms with Crippen molar-refractivity contribution >= 4 is 29.5 Å². The molecule has 0 bridgehead atoms. The van der Waals surface area contributed by atoms with Gasteiger partial charge >= 0.3 is 11.9 Å². The number of fused-ring (bicyclic) bond motifs is 3. The van der Waals surface area contributed by atoms with Crippen LogP contribution in [0.1, 0.15) is 28.9 Å². The normalized spacial score (nSPS) is 16.7. The van der Waals surface area contributed by atoms with Gasteiger partial charge in [-0.2, -0.15) is 4.98 Å². The summed E-state index contributed by atoms with van der Waals surface area (Å²) in [6.45, 7) is 1.35. The van der Waals surface area contributed by atoms with Gasteiger partial charge < -0.3 is 24.6 Å². The molecule has 1 atom stereocenters. The van der Waals surface area contributed by atoms with Crippen molar-refractivity contribution in [2.24, 2.45) is 0 Å². The molecule has 3 heterocycles. The minimum Gasteiger partial charge on any atom is -0.477 e. The van der Waals surface area contributed by atoms with Gasteiger partial charge in [0.2, 0.25) is 11.7 Å². The van der Waals surface area contributed by atoms with Crippen molar-refractivity contribution in [1.29, 1.82) is 0 Å². The Kier molecular flexibility index (Phi) is 7.94. The molecule has 1 unspecified atom stereocenters. The number of carbonyl (C=O) groups is 2. The number of nitrogens with zero attached hydrogens (tertiary/aromatic N) is 3. The molecule has 0 fully saturated rings. The number of nitrogens with one attached hydrogen (secondary N) is 1. The largest absolute Gasteiger partial charge is 0.477 e. The number of ether oxygens (including phenoxy) is 3. The smallest absolute Gasteiger partial charge is 0.352 e. The summed E-state index contributed by atoms with van der Waals surface area (Å²) in [6.07, 6.45) is 6.51. The zero-order valence-electron chi connectivity index (χ0n) is 20.9. The van der Waals surface area contributed by atoms with E-state index < -0.39 is 11.9 Å². The van der Waals surface area contributed by atoms with Crippen LogP contribution in [-0.2, 0) is 44.9 Å². The van der Waals surface area contributed by atoms with Crippen molar-refractivity contribution < 1.29 is 28.9 Å². The Balaban J connectivity index is 1.31. The van der Waals surface area contributed by atoms with Gasteiger partial charge in [-0.25, -0.2) is 14.6 Å². The van der Waals surface area contributed by atoms with Crippen LogP contribution in [0.3, 0.4) is 0 Å². The maximum Gasteiger partial charge on any atom is 0.352 e. The molecule has 5 rings (SSSR count). The lowest BCUT2D eigenvalue weighted by Crippen LogP contribution is -2.21. The summed E-state index contributed by atoms with van der Waals surface area (Å²) >= 11 is 1.24. The van der Waals surface area contributed by atoms with E-state index in [9.17, 15) is 14.7 Å². The Hall–Kier alpha value is -3.83. The van der Waals surface area contributed by atoms with Gasteiger partial charge in [0, 0.05) is 40.7 Å². The minimum absolute atomic E-state index is 0.0112. The lowest BCUT2D eigenvalue weighted by Gasteiger charge is -2.14. The van der Waals surface area contributed by atoms with Crippen LogP contribution < -0.4 is 10.1 Å². The fraction of sp³-hybridized carbons (Fsp3) is 0.333. The van der Waals surface area contributed by atoms with Gasteiger partial charge in [-0.15, -0.1) is 11.8 Å². The van der Waals surface area contributed by atoms with Crippen molar-refractivity contribution in [3.05, 3.63) is 81.9 Å². The second-order valence-corrected chi connectivity index (χ2v) is 9.96. The van der Waals surface area contributed by atoms with Crippen molar-refractivity contribution in [2.45, 2.75) is 37.5 Å². The molecule has 1 aliphatic carbocycles. The van der Waals surface area contributed by atoms with E-state index in [-0.39, 0.29) is 10.9 Å². The average molecular weight is 537 g/mol. The Morgan fingerprint density at radius 3 is 2.82 bits per heavy atom. The molecule has 0 saturated carbocycles. The van der Waals surface area contributed by atoms with Crippen molar-refractivity contribution in [3.63, 3.8) is 0 Å². The van der Waals surface area contributed by atoms with Crippen molar-refractivity contribution in [3.8, 4) is 5.88 Å². The van der Waals surface area contributed by atoms with E-state index in [1.165, 1.54) is 30.5 Å². The molecule has 0 spiro atoms. The molecule has 38 heavy (non-hydrogen) atoms. The number of esters is 1. The highest BCUT2D eigenvalue weighted by atomic mass is 32.2. The monoisotopic (exact) mass is 536 g/mol. The van der Waals surface area contributed by atoms with Crippen LogP contribution in [0, 0.1) is 0 Å². The molecule has 11 heteroatoms. The predicted octanol–water partition coefficient (Wildman–Crippen LogP) is 3.04. The van der Waals surface area contributed by atoms with E-state index in [0.29, 0.717) is 43.5 Å². The third kappa shape index (κ3) is 5.68. The number of methoxy groups -OCH3 is 1. The number of aryl methyl sites for hydroxylation is 1. The van der Waals surface area contributed by atoms with E-state index in [2.05, 4.69) is 5.32 Å². The maximum absolute atomic E-state index is 12.4. The van der Waals surface area contributed by atoms with E-state index in [1.807, 2.05) is 40.9 Å². The van der Waals surface area contributed by atoms with Gasteiger partial charge in [0.15, 0.2) is 0 Å². The summed E-state index contributed by atoms with van der Waals surface area (Å²) in [6, 6.07) is 9.99. The summed E-state index contributed by atoms with van der Waals surface area (Å²) in [5, 5.41) is 13.1. The van der Waals surface area contributed by atoms with E-state index >= 15 is 0 Å². The van der Waals surface area contributed by atoms with E-state index in [1.54, 1.807) is 0 Å². The number of hydrogen-bond donors (Lipinski definition) is 2. The molecule has 0 radical (unpaired) electrons. The number of aromatic nitrogens is 3. The van der Waals surface area contributed by atoms with E-state index in [0.717, 1.165) is 41.8 Å². The number of carbonyl (C=O) groups excluding carboxylic acids is 1. The summed E-state index contributed by atoms with van der Waals surface area (Å²) in [4.78, 5) is 33.3. The molecule has 0 amide bonds. The van der Waals surface area contributed by atoms with E-state index in [4.69, 9.17) is 24.2 Å². The van der Waals surface area contributed by atoms with Gasteiger partial charge in [0.1, 0.15) is 12.3 Å². The Bertz CT molecular complexity index is 1400. The van der Waals surface area contributed by atoms with Gasteiger partial charge in [-0.1, -0.05) is 30.3 Å². The topological polar surface area (TPSA) is 124 Å². The Morgan fingerprint density at radius 1 is 1.18 bits per heavy atom. The van der Waals surface area contributed by atoms with Crippen LogP contribution in [0.4, 0.5) is 0 Å². The van der Waals surface area contributed by atoms with Gasteiger partial charge in [-0.05, 0) is 24.8 Å². The lowest BCUT2D eigenvalue weighted by atomic mass is 10.1. The maximum atomic E-state index is 12.4.